The monoisotopic (exact) mass is 247 g/mol. The Kier molecular flexibility index (Phi) is 4.20. The molecule has 0 saturated heterocycles. The first-order valence-electron chi connectivity index (χ1n) is 6.41. The summed E-state index contributed by atoms with van der Waals surface area (Å²) < 4.78 is 5.14. The summed E-state index contributed by atoms with van der Waals surface area (Å²) in [5.41, 5.74) is 8.66. The van der Waals surface area contributed by atoms with Crippen LogP contribution in [0.15, 0.2) is 29.3 Å². The molecule has 0 radical (unpaired) electrons. The van der Waals surface area contributed by atoms with Gasteiger partial charge in [0.15, 0.2) is 5.96 Å². The maximum absolute atomic E-state index is 5.96. The van der Waals surface area contributed by atoms with Crippen molar-refractivity contribution in [3.63, 3.8) is 0 Å². The second-order valence-electron chi connectivity index (χ2n) is 4.45. The van der Waals surface area contributed by atoms with Gasteiger partial charge in [0.1, 0.15) is 0 Å². The molecule has 1 heterocycles. The van der Waals surface area contributed by atoms with Crippen LogP contribution in [-0.4, -0.2) is 37.7 Å². The topological polar surface area (TPSA) is 50.8 Å². The average molecular weight is 247 g/mol. The molecule has 1 aliphatic heterocycles. The Morgan fingerprint density at radius 3 is 2.94 bits per heavy atom. The van der Waals surface area contributed by atoms with Crippen LogP contribution in [0.5, 0.6) is 0 Å². The second-order valence-corrected chi connectivity index (χ2v) is 4.45. The van der Waals surface area contributed by atoms with Gasteiger partial charge in [0.05, 0.1) is 19.2 Å². The van der Waals surface area contributed by atoms with Crippen molar-refractivity contribution < 1.29 is 4.74 Å². The fraction of sp³-hybridized carbons (Fsp3) is 0.500. The summed E-state index contributed by atoms with van der Waals surface area (Å²) in [6, 6.07) is 8.78. The highest BCUT2D eigenvalue weighted by atomic mass is 16.5. The number of nitrogens with two attached hydrogens (primary N) is 1. The number of nitrogens with zero attached hydrogens (tertiary/aromatic N) is 2. The molecule has 1 aromatic rings. The van der Waals surface area contributed by atoms with Crippen molar-refractivity contribution >= 4 is 5.96 Å². The van der Waals surface area contributed by atoms with E-state index in [4.69, 9.17) is 10.5 Å². The van der Waals surface area contributed by atoms with Gasteiger partial charge < -0.3 is 15.4 Å². The quantitative estimate of drug-likeness (QED) is 0.859. The number of methoxy groups -OCH3 is 1. The standard InChI is InChI=1S/C14H21N3O/c1-3-11-6-4-5-7-12(11)13-10-16-14(15)17(13)8-9-18-2/h4-7,13H,3,8-10H2,1-2H3,(H2,15,16). The summed E-state index contributed by atoms with van der Waals surface area (Å²) >= 11 is 0. The number of ether oxygens (including phenoxy) is 1. The number of guanidine groups is 1. The fourth-order valence-corrected chi connectivity index (χ4v) is 2.44. The Labute approximate surface area is 108 Å². The zero-order valence-electron chi connectivity index (χ0n) is 11.1. The van der Waals surface area contributed by atoms with Gasteiger partial charge in [-0.2, -0.15) is 0 Å². The first-order valence-corrected chi connectivity index (χ1v) is 6.41. The van der Waals surface area contributed by atoms with Gasteiger partial charge in [-0.1, -0.05) is 31.2 Å². The summed E-state index contributed by atoms with van der Waals surface area (Å²) in [5, 5.41) is 0. The summed E-state index contributed by atoms with van der Waals surface area (Å²) in [6.45, 7) is 4.37. The lowest BCUT2D eigenvalue weighted by molar-refractivity contribution is 0.166. The number of aliphatic imine (C=N–C) groups is 1. The first-order chi connectivity index (χ1) is 8.77. The molecule has 0 aromatic heterocycles. The molecule has 0 aliphatic carbocycles. The molecular weight excluding hydrogens is 226 g/mol. The van der Waals surface area contributed by atoms with Crippen molar-refractivity contribution in [2.45, 2.75) is 19.4 Å². The Balaban J connectivity index is 2.21. The number of aryl methyl sites for hydroxylation is 1. The fourth-order valence-electron chi connectivity index (χ4n) is 2.44. The molecular formula is C14H21N3O. The van der Waals surface area contributed by atoms with Crippen LogP contribution in [0.1, 0.15) is 24.1 Å². The molecule has 1 atom stereocenters. The predicted octanol–water partition coefficient (Wildman–Crippen LogP) is 1.57. The van der Waals surface area contributed by atoms with Crippen LogP contribution in [0, 0.1) is 0 Å². The largest absolute Gasteiger partial charge is 0.383 e. The molecule has 0 fully saturated rings. The molecule has 0 amide bonds. The average Bonchev–Trinajstić information content (AvgIpc) is 2.77. The first kappa shape index (κ1) is 12.9. The molecule has 1 aromatic carbocycles. The van der Waals surface area contributed by atoms with Gasteiger partial charge in [0.2, 0.25) is 0 Å². The minimum absolute atomic E-state index is 0.260. The molecule has 0 spiro atoms. The van der Waals surface area contributed by atoms with Crippen LogP contribution >= 0.6 is 0 Å². The summed E-state index contributed by atoms with van der Waals surface area (Å²) in [4.78, 5) is 6.51. The predicted molar refractivity (Wildman–Crippen MR) is 73.6 cm³/mol. The van der Waals surface area contributed by atoms with E-state index in [-0.39, 0.29) is 6.04 Å². The molecule has 98 valence electrons. The van der Waals surface area contributed by atoms with Crippen molar-refractivity contribution in [2.75, 3.05) is 26.8 Å². The Morgan fingerprint density at radius 2 is 2.22 bits per heavy atom. The third kappa shape index (κ3) is 2.48. The van der Waals surface area contributed by atoms with E-state index in [1.807, 2.05) is 0 Å². The van der Waals surface area contributed by atoms with Gasteiger partial charge in [0.25, 0.3) is 0 Å². The van der Waals surface area contributed by atoms with Crippen LogP contribution in [0.2, 0.25) is 0 Å². The summed E-state index contributed by atoms with van der Waals surface area (Å²) in [5.74, 6) is 0.628. The van der Waals surface area contributed by atoms with Crippen LogP contribution in [0.3, 0.4) is 0 Å². The molecule has 0 bridgehead atoms. The minimum atomic E-state index is 0.260. The molecule has 0 saturated carbocycles. The molecule has 1 aliphatic rings. The lowest BCUT2D eigenvalue weighted by Crippen LogP contribution is -2.38. The lowest BCUT2D eigenvalue weighted by Gasteiger charge is -2.27. The Hall–Kier alpha value is -1.55. The van der Waals surface area contributed by atoms with Gasteiger partial charge in [-0.25, -0.2) is 0 Å². The summed E-state index contributed by atoms with van der Waals surface area (Å²) in [7, 11) is 1.71. The normalized spacial score (nSPS) is 19.1. The van der Waals surface area contributed by atoms with E-state index in [9.17, 15) is 0 Å². The Bertz CT molecular complexity index is 431. The van der Waals surface area contributed by atoms with Crippen LogP contribution in [0.25, 0.3) is 0 Å². The van der Waals surface area contributed by atoms with Crippen LogP contribution < -0.4 is 5.73 Å². The molecule has 4 heteroatoms. The van der Waals surface area contributed by atoms with E-state index in [1.54, 1.807) is 7.11 Å². The van der Waals surface area contributed by atoms with Crippen molar-refractivity contribution in [1.29, 1.82) is 0 Å². The summed E-state index contributed by atoms with van der Waals surface area (Å²) in [6.07, 6.45) is 1.03. The number of benzene rings is 1. The Morgan fingerprint density at radius 1 is 1.44 bits per heavy atom. The number of hydrogen-bond acceptors (Lipinski definition) is 4. The van der Waals surface area contributed by atoms with Crippen LogP contribution in [0.4, 0.5) is 0 Å². The van der Waals surface area contributed by atoms with E-state index >= 15 is 0 Å². The van der Waals surface area contributed by atoms with Gasteiger partial charge in [0, 0.05) is 13.7 Å². The maximum atomic E-state index is 5.96. The van der Waals surface area contributed by atoms with Crippen molar-refractivity contribution in [3.8, 4) is 0 Å². The molecule has 4 nitrogen and oxygen atoms in total. The molecule has 1 unspecified atom stereocenters. The van der Waals surface area contributed by atoms with Gasteiger partial charge in [-0.3, -0.25) is 4.99 Å². The van der Waals surface area contributed by atoms with E-state index in [0.29, 0.717) is 12.6 Å². The third-order valence-electron chi connectivity index (χ3n) is 3.43. The van der Waals surface area contributed by atoms with Gasteiger partial charge >= 0.3 is 0 Å². The molecule has 2 rings (SSSR count). The van der Waals surface area contributed by atoms with Gasteiger partial charge in [-0.05, 0) is 17.5 Å². The minimum Gasteiger partial charge on any atom is -0.383 e. The van der Waals surface area contributed by atoms with Crippen molar-refractivity contribution in [2.24, 2.45) is 10.7 Å². The van der Waals surface area contributed by atoms with E-state index in [2.05, 4.69) is 41.1 Å². The number of rotatable bonds is 5. The second kappa shape index (κ2) is 5.87. The number of hydrogen-bond donors (Lipinski definition) is 1. The highest BCUT2D eigenvalue weighted by Crippen LogP contribution is 2.28. The third-order valence-corrected chi connectivity index (χ3v) is 3.43. The highest BCUT2D eigenvalue weighted by molar-refractivity contribution is 5.80. The highest BCUT2D eigenvalue weighted by Gasteiger charge is 2.28. The van der Waals surface area contributed by atoms with Crippen molar-refractivity contribution in [3.05, 3.63) is 35.4 Å². The lowest BCUT2D eigenvalue weighted by atomic mass is 9.98. The molecule has 18 heavy (non-hydrogen) atoms. The van der Waals surface area contributed by atoms with E-state index < -0.39 is 0 Å². The maximum Gasteiger partial charge on any atom is 0.192 e. The van der Waals surface area contributed by atoms with Gasteiger partial charge in [-0.15, -0.1) is 0 Å². The smallest absolute Gasteiger partial charge is 0.192 e. The van der Waals surface area contributed by atoms with Crippen LogP contribution in [-0.2, 0) is 11.2 Å². The van der Waals surface area contributed by atoms with E-state index in [1.165, 1.54) is 11.1 Å². The SMILES string of the molecule is CCc1ccccc1C1CN=C(N)N1CCOC. The van der Waals surface area contributed by atoms with E-state index in [0.717, 1.165) is 19.5 Å². The zero-order chi connectivity index (χ0) is 13.0. The zero-order valence-corrected chi connectivity index (χ0v) is 11.1. The van der Waals surface area contributed by atoms with Crippen molar-refractivity contribution in [1.82, 2.24) is 4.90 Å². The molecule has 2 N–H and O–H groups in total.